The first-order chi connectivity index (χ1) is 17.9. The molecule has 2 aromatic heterocycles. The van der Waals surface area contributed by atoms with E-state index < -0.39 is 0 Å². The molecule has 0 bridgehead atoms. The Morgan fingerprint density at radius 2 is 1.89 bits per heavy atom. The first-order valence-corrected chi connectivity index (χ1v) is 14.9. The molecule has 0 atom stereocenters. The monoisotopic (exact) mass is 594 g/mol. The van der Waals surface area contributed by atoms with Crippen LogP contribution >= 0.6 is 39.0 Å². The van der Waals surface area contributed by atoms with Crippen LogP contribution in [0.25, 0.3) is 15.9 Å². The number of thiophene rings is 1. The number of nitrogens with zero attached hydrogens (tertiary/aromatic N) is 3. The highest BCUT2D eigenvalue weighted by molar-refractivity contribution is 9.10. The zero-order valence-corrected chi connectivity index (χ0v) is 23.9. The minimum Gasteiger partial charge on any atom is -0.272 e. The predicted molar refractivity (Wildman–Crippen MR) is 157 cm³/mol. The third kappa shape index (κ3) is 5.73. The standard InChI is InChI=1S/C28H27BrN4O2S2/c1-17(2)19-9-7-18(8-10-19)15-30-32-24(34)16-36-28-31-26-25(22-5-3-4-6-23(22)37-26)27(35)33(28)21-13-11-20(29)12-14-21/h7-15,17H,3-6,16H2,1-2H3,(H,32,34). The molecule has 37 heavy (non-hydrogen) atoms. The minimum atomic E-state index is -0.262. The number of aromatic nitrogens is 2. The summed E-state index contributed by atoms with van der Waals surface area (Å²) in [5.41, 5.74) is 6.56. The molecule has 0 unspecified atom stereocenters. The molecule has 1 N–H and O–H groups in total. The number of hydrazone groups is 1. The van der Waals surface area contributed by atoms with E-state index in [0.29, 0.717) is 11.1 Å². The lowest BCUT2D eigenvalue weighted by atomic mass is 9.97. The van der Waals surface area contributed by atoms with E-state index in [9.17, 15) is 9.59 Å². The van der Waals surface area contributed by atoms with Crippen LogP contribution in [0.3, 0.4) is 0 Å². The summed E-state index contributed by atoms with van der Waals surface area (Å²) in [6, 6.07) is 15.7. The van der Waals surface area contributed by atoms with Crippen LogP contribution in [0.4, 0.5) is 0 Å². The molecular formula is C28H27BrN4O2S2. The van der Waals surface area contributed by atoms with Gasteiger partial charge in [0.15, 0.2) is 5.16 Å². The van der Waals surface area contributed by atoms with Crippen LogP contribution in [0.5, 0.6) is 0 Å². The summed E-state index contributed by atoms with van der Waals surface area (Å²) in [7, 11) is 0. The van der Waals surface area contributed by atoms with E-state index in [2.05, 4.69) is 52.4 Å². The lowest BCUT2D eigenvalue weighted by molar-refractivity contribution is -0.118. The fourth-order valence-electron chi connectivity index (χ4n) is 4.41. The van der Waals surface area contributed by atoms with Gasteiger partial charge in [-0.25, -0.2) is 10.4 Å². The molecule has 9 heteroatoms. The average Bonchev–Trinajstić information content (AvgIpc) is 3.27. The zero-order chi connectivity index (χ0) is 25.9. The van der Waals surface area contributed by atoms with Crippen molar-refractivity contribution in [2.24, 2.45) is 5.10 Å². The van der Waals surface area contributed by atoms with E-state index >= 15 is 0 Å². The van der Waals surface area contributed by atoms with Gasteiger partial charge in [-0.15, -0.1) is 11.3 Å². The maximum atomic E-state index is 13.8. The van der Waals surface area contributed by atoms with Crippen LogP contribution in [0.15, 0.2) is 68.1 Å². The highest BCUT2D eigenvalue weighted by Crippen LogP contribution is 2.35. The summed E-state index contributed by atoms with van der Waals surface area (Å²) >= 11 is 6.32. The van der Waals surface area contributed by atoms with Crippen LogP contribution < -0.4 is 11.0 Å². The second kappa shape index (κ2) is 11.3. The number of nitrogens with one attached hydrogen (secondary N) is 1. The normalized spacial score (nSPS) is 13.4. The number of aryl methyl sites for hydroxylation is 2. The average molecular weight is 596 g/mol. The van der Waals surface area contributed by atoms with Gasteiger partial charge in [-0.05, 0) is 72.6 Å². The smallest absolute Gasteiger partial charge is 0.267 e. The number of carbonyl (C=O) groups is 1. The molecule has 4 aromatic rings. The molecule has 0 saturated heterocycles. The summed E-state index contributed by atoms with van der Waals surface area (Å²) < 4.78 is 2.56. The molecule has 0 fully saturated rings. The molecule has 2 aromatic carbocycles. The van der Waals surface area contributed by atoms with Crippen molar-refractivity contribution in [3.8, 4) is 5.69 Å². The largest absolute Gasteiger partial charge is 0.272 e. The summed E-state index contributed by atoms with van der Waals surface area (Å²) in [5.74, 6) is 0.288. The van der Waals surface area contributed by atoms with Gasteiger partial charge in [-0.2, -0.15) is 5.10 Å². The number of hydrogen-bond donors (Lipinski definition) is 1. The second-order valence-corrected chi connectivity index (χ2v) is 12.2. The third-order valence-electron chi connectivity index (χ3n) is 6.38. The molecular weight excluding hydrogens is 568 g/mol. The van der Waals surface area contributed by atoms with E-state index in [1.165, 1.54) is 22.2 Å². The van der Waals surface area contributed by atoms with Crippen molar-refractivity contribution >= 4 is 61.4 Å². The van der Waals surface area contributed by atoms with Gasteiger partial charge < -0.3 is 0 Å². The van der Waals surface area contributed by atoms with Gasteiger partial charge in [-0.3, -0.25) is 14.2 Å². The fourth-order valence-corrected chi connectivity index (χ4v) is 6.78. The molecule has 190 valence electrons. The van der Waals surface area contributed by atoms with Gasteiger partial charge in [-0.1, -0.05) is 65.8 Å². The quantitative estimate of drug-likeness (QED) is 0.115. The number of fused-ring (bicyclic) bond motifs is 3. The van der Waals surface area contributed by atoms with E-state index in [-0.39, 0.29) is 17.2 Å². The molecule has 1 aliphatic carbocycles. The van der Waals surface area contributed by atoms with Crippen LogP contribution in [0.2, 0.25) is 0 Å². The number of rotatable bonds is 7. The molecule has 6 nitrogen and oxygen atoms in total. The molecule has 1 amide bonds. The number of benzene rings is 2. The summed E-state index contributed by atoms with van der Waals surface area (Å²) in [5, 5.41) is 5.33. The Labute approximate surface area is 232 Å². The molecule has 1 aliphatic rings. The maximum absolute atomic E-state index is 13.8. The highest BCUT2D eigenvalue weighted by atomic mass is 79.9. The van der Waals surface area contributed by atoms with Gasteiger partial charge in [0.1, 0.15) is 4.83 Å². The predicted octanol–water partition coefficient (Wildman–Crippen LogP) is 6.45. The van der Waals surface area contributed by atoms with Crippen LogP contribution in [0.1, 0.15) is 54.2 Å². The third-order valence-corrected chi connectivity index (χ3v) is 9.03. The Bertz CT molecular complexity index is 1520. The molecule has 0 saturated carbocycles. The van der Waals surface area contributed by atoms with Crippen molar-refractivity contribution in [1.82, 2.24) is 15.0 Å². The highest BCUT2D eigenvalue weighted by Gasteiger charge is 2.23. The van der Waals surface area contributed by atoms with Crippen LogP contribution in [-0.2, 0) is 17.6 Å². The van der Waals surface area contributed by atoms with Crippen molar-refractivity contribution in [2.45, 2.75) is 50.6 Å². The molecule has 0 radical (unpaired) electrons. The second-order valence-electron chi connectivity index (χ2n) is 9.31. The summed E-state index contributed by atoms with van der Waals surface area (Å²) in [6.45, 7) is 4.30. The van der Waals surface area contributed by atoms with Gasteiger partial charge in [0.05, 0.1) is 23.0 Å². The lowest BCUT2D eigenvalue weighted by Gasteiger charge is -2.13. The lowest BCUT2D eigenvalue weighted by Crippen LogP contribution is -2.24. The fraction of sp³-hybridized carbons (Fsp3) is 0.286. The van der Waals surface area contributed by atoms with E-state index in [4.69, 9.17) is 4.98 Å². The van der Waals surface area contributed by atoms with Crippen molar-refractivity contribution in [3.63, 3.8) is 0 Å². The Hall–Kier alpha value is -2.75. The van der Waals surface area contributed by atoms with Crippen molar-refractivity contribution in [3.05, 3.63) is 84.9 Å². The van der Waals surface area contributed by atoms with Crippen LogP contribution in [-0.4, -0.2) is 27.4 Å². The number of halogens is 1. The van der Waals surface area contributed by atoms with Crippen molar-refractivity contribution in [1.29, 1.82) is 0 Å². The maximum Gasteiger partial charge on any atom is 0.267 e. The Balaban J connectivity index is 1.38. The number of thioether (sulfide) groups is 1. The number of hydrogen-bond acceptors (Lipinski definition) is 6. The number of carbonyl (C=O) groups excluding carboxylic acids is 1. The number of amides is 1. The Morgan fingerprint density at radius 3 is 2.62 bits per heavy atom. The first-order valence-electron chi connectivity index (χ1n) is 12.3. The zero-order valence-electron chi connectivity index (χ0n) is 20.7. The summed E-state index contributed by atoms with van der Waals surface area (Å²) in [4.78, 5) is 33.3. The molecule has 0 spiro atoms. The van der Waals surface area contributed by atoms with E-state index in [1.807, 2.05) is 36.4 Å². The molecule has 2 heterocycles. The Morgan fingerprint density at radius 1 is 1.16 bits per heavy atom. The first kappa shape index (κ1) is 25.9. The van der Waals surface area contributed by atoms with E-state index in [1.54, 1.807) is 22.1 Å². The van der Waals surface area contributed by atoms with Gasteiger partial charge in [0.25, 0.3) is 11.5 Å². The summed E-state index contributed by atoms with van der Waals surface area (Å²) in [6.07, 6.45) is 5.78. The van der Waals surface area contributed by atoms with Crippen LogP contribution in [0, 0.1) is 0 Å². The van der Waals surface area contributed by atoms with Crippen molar-refractivity contribution < 1.29 is 4.79 Å². The van der Waals surface area contributed by atoms with Gasteiger partial charge >= 0.3 is 0 Å². The Kier molecular flexibility index (Phi) is 7.92. The minimum absolute atomic E-state index is 0.0718. The molecule has 5 rings (SSSR count). The van der Waals surface area contributed by atoms with Gasteiger partial charge in [0, 0.05) is 9.35 Å². The van der Waals surface area contributed by atoms with E-state index in [0.717, 1.165) is 57.2 Å². The topological polar surface area (TPSA) is 76.3 Å². The SMILES string of the molecule is CC(C)c1ccc(C=NNC(=O)CSc2nc3sc4c(c3c(=O)n2-c2ccc(Br)cc2)CCCC4)cc1. The van der Waals surface area contributed by atoms with Crippen molar-refractivity contribution in [2.75, 3.05) is 5.75 Å². The van der Waals surface area contributed by atoms with Gasteiger partial charge in [0.2, 0.25) is 0 Å². The molecule has 0 aliphatic heterocycles.